The minimum atomic E-state index is -4.91. The van der Waals surface area contributed by atoms with E-state index in [9.17, 15) is 32.5 Å². The molecule has 196 valence electrons. The van der Waals surface area contributed by atoms with Crippen LogP contribution in [-0.2, 0) is 6.18 Å². The van der Waals surface area contributed by atoms with Crippen LogP contribution in [0.1, 0.15) is 27.8 Å². The van der Waals surface area contributed by atoms with Crippen molar-refractivity contribution in [2.45, 2.75) is 13.1 Å². The Morgan fingerprint density at radius 3 is 1.93 bits per heavy atom. The van der Waals surface area contributed by atoms with Gasteiger partial charge in [-0.05, 0) is 87.8 Å². The quantitative estimate of drug-likeness (QED) is 0.125. The minimum absolute atomic E-state index is 0.00507. The third-order valence-corrected chi connectivity index (χ3v) is 6.89. The molecule has 4 aromatic carbocycles. The average molecular weight is 548 g/mol. The van der Waals surface area contributed by atoms with Crippen LogP contribution in [0.2, 0.25) is 0 Å². The first kappa shape index (κ1) is 26.8. The van der Waals surface area contributed by atoms with Gasteiger partial charge in [0, 0.05) is 11.1 Å². The lowest BCUT2D eigenvalue weighted by Gasteiger charge is -2.12. The second-order valence-electron chi connectivity index (χ2n) is 9.19. The van der Waals surface area contributed by atoms with E-state index in [-0.39, 0.29) is 33.6 Å². The SMILES string of the molecule is [C-]#[N+]/C(C#N)=C1/c2cc(-c3ccc(C(F)(F)F)c(F)c3)c(C#N)cc2-c2cc([N+]#[C-])c(-c3ccc(C)c(F)c3)cc21. The molecule has 0 N–H and O–H groups in total. The van der Waals surface area contributed by atoms with E-state index in [1.54, 1.807) is 25.1 Å². The highest BCUT2D eigenvalue weighted by Gasteiger charge is 2.34. The highest BCUT2D eigenvalue weighted by atomic mass is 19.4. The molecule has 0 bridgehead atoms. The smallest absolute Gasteiger partial charge is 0.237 e. The van der Waals surface area contributed by atoms with E-state index >= 15 is 0 Å². The molecule has 0 amide bonds. The number of nitrogens with zero attached hydrogens (tertiary/aromatic N) is 4. The number of alkyl halides is 3. The number of halogens is 5. The Morgan fingerprint density at radius 2 is 1.37 bits per heavy atom. The molecule has 1 aliphatic carbocycles. The van der Waals surface area contributed by atoms with Crippen molar-refractivity contribution in [3.63, 3.8) is 0 Å². The number of hydrogen-bond acceptors (Lipinski definition) is 2. The van der Waals surface area contributed by atoms with Crippen LogP contribution >= 0.6 is 0 Å². The number of rotatable bonds is 2. The van der Waals surface area contributed by atoms with E-state index in [0.717, 1.165) is 6.07 Å². The molecule has 4 nitrogen and oxygen atoms in total. The average Bonchev–Trinajstić information content (AvgIpc) is 3.25. The van der Waals surface area contributed by atoms with Crippen LogP contribution in [0.15, 0.2) is 66.4 Å². The van der Waals surface area contributed by atoms with Crippen molar-refractivity contribution in [3.05, 3.63) is 129 Å². The summed E-state index contributed by atoms with van der Waals surface area (Å²) in [6, 6.07) is 16.6. The van der Waals surface area contributed by atoms with E-state index < -0.39 is 23.4 Å². The van der Waals surface area contributed by atoms with Gasteiger partial charge in [0.2, 0.25) is 0 Å². The first-order chi connectivity index (χ1) is 19.5. The lowest BCUT2D eigenvalue weighted by Crippen LogP contribution is -2.08. The van der Waals surface area contributed by atoms with Crippen molar-refractivity contribution in [2.75, 3.05) is 0 Å². The highest BCUT2D eigenvalue weighted by molar-refractivity contribution is 6.07. The van der Waals surface area contributed by atoms with E-state index in [1.165, 1.54) is 24.3 Å². The summed E-state index contributed by atoms with van der Waals surface area (Å²) in [6.07, 6.45) is -4.91. The topological polar surface area (TPSA) is 56.3 Å². The van der Waals surface area contributed by atoms with Gasteiger partial charge in [-0.1, -0.05) is 24.3 Å². The molecule has 0 saturated carbocycles. The summed E-state index contributed by atoms with van der Waals surface area (Å²) < 4.78 is 68.3. The first-order valence-corrected chi connectivity index (χ1v) is 11.8. The Bertz CT molecular complexity index is 1990. The van der Waals surface area contributed by atoms with Gasteiger partial charge in [0.1, 0.15) is 11.6 Å². The van der Waals surface area contributed by atoms with E-state index in [0.29, 0.717) is 51.1 Å². The predicted octanol–water partition coefficient (Wildman–Crippen LogP) is 9.23. The maximum atomic E-state index is 14.5. The van der Waals surface area contributed by atoms with Crippen molar-refractivity contribution in [3.8, 4) is 45.5 Å². The molecule has 5 rings (SSSR count). The minimum Gasteiger partial charge on any atom is -0.237 e. The van der Waals surface area contributed by atoms with Crippen LogP contribution < -0.4 is 0 Å². The zero-order valence-electron chi connectivity index (χ0n) is 21.0. The van der Waals surface area contributed by atoms with Crippen LogP contribution in [0.5, 0.6) is 0 Å². The monoisotopic (exact) mass is 548 g/mol. The number of hydrogen-bond donors (Lipinski definition) is 0. The molecule has 9 heteroatoms. The molecule has 0 heterocycles. The molecule has 0 spiro atoms. The van der Waals surface area contributed by atoms with E-state index in [4.69, 9.17) is 13.1 Å². The van der Waals surface area contributed by atoms with Crippen molar-refractivity contribution in [2.24, 2.45) is 0 Å². The highest BCUT2D eigenvalue weighted by Crippen LogP contribution is 2.51. The fraction of sp³-hybridized carbons (Fsp3) is 0.0625. The van der Waals surface area contributed by atoms with Crippen molar-refractivity contribution >= 4 is 11.3 Å². The predicted molar refractivity (Wildman–Crippen MR) is 142 cm³/mol. The zero-order chi connectivity index (χ0) is 29.6. The van der Waals surface area contributed by atoms with Crippen LogP contribution in [0.4, 0.5) is 27.6 Å². The van der Waals surface area contributed by atoms with Gasteiger partial charge in [-0.2, -0.15) is 18.4 Å². The van der Waals surface area contributed by atoms with Gasteiger partial charge in [-0.3, -0.25) is 0 Å². The number of fused-ring (bicyclic) bond motifs is 3. The summed E-state index contributed by atoms with van der Waals surface area (Å²) in [6.45, 7) is 16.9. The molecular weight excluding hydrogens is 535 g/mol. The number of allylic oxidation sites excluding steroid dienone is 1. The molecule has 0 fully saturated rings. The Hall–Kier alpha value is -5.77. The standard InChI is InChI=1S/C32H13F5N4/c1-16-4-5-18(9-27(16)33)21-12-25-23(13-29(21)40-2)22-8-19(14-38)20(11-24(22)31(25)30(15-39)41-3)17-6-7-26(28(34)10-17)32(35,36)37/h4-13H,1H3/b31-30-. The molecule has 0 radical (unpaired) electrons. The molecule has 1 aliphatic rings. The van der Waals surface area contributed by atoms with Gasteiger partial charge in [0.25, 0.3) is 5.70 Å². The Morgan fingerprint density at radius 1 is 0.756 bits per heavy atom. The summed E-state index contributed by atoms with van der Waals surface area (Å²) in [5.74, 6) is -2.00. The van der Waals surface area contributed by atoms with Gasteiger partial charge < -0.3 is 0 Å². The largest absolute Gasteiger partial charge is 0.419 e. The summed E-state index contributed by atoms with van der Waals surface area (Å²) in [7, 11) is 0. The first-order valence-electron chi connectivity index (χ1n) is 11.8. The summed E-state index contributed by atoms with van der Waals surface area (Å²) in [4.78, 5) is 6.95. The summed E-state index contributed by atoms with van der Waals surface area (Å²) in [5, 5.41) is 19.7. The van der Waals surface area contributed by atoms with Crippen LogP contribution in [0.25, 0.3) is 48.6 Å². The van der Waals surface area contributed by atoms with E-state index in [2.05, 4.69) is 9.69 Å². The van der Waals surface area contributed by atoms with Gasteiger partial charge in [0.15, 0.2) is 5.69 Å². The molecule has 0 aromatic heterocycles. The maximum Gasteiger partial charge on any atom is 0.419 e. The van der Waals surface area contributed by atoms with Crippen molar-refractivity contribution in [1.29, 1.82) is 10.5 Å². The lowest BCUT2D eigenvalue weighted by molar-refractivity contribution is -0.139. The third kappa shape index (κ3) is 4.37. The third-order valence-electron chi connectivity index (χ3n) is 6.89. The van der Waals surface area contributed by atoms with Crippen LogP contribution in [-0.4, -0.2) is 0 Å². The number of aryl methyl sites for hydroxylation is 1. The normalized spacial score (nSPS) is 12.8. The van der Waals surface area contributed by atoms with Crippen molar-refractivity contribution in [1.82, 2.24) is 0 Å². The van der Waals surface area contributed by atoms with Gasteiger partial charge in [-0.15, -0.1) is 0 Å². The molecule has 0 unspecified atom stereocenters. The summed E-state index contributed by atoms with van der Waals surface area (Å²) in [5.41, 5.74) is 1.37. The molecule has 0 atom stereocenters. The Balaban J connectivity index is 1.81. The maximum absolute atomic E-state index is 14.5. The Kier molecular flexibility index (Phi) is 6.39. The molecule has 0 saturated heterocycles. The Labute approximate surface area is 231 Å². The van der Waals surface area contributed by atoms with Gasteiger partial charge in [-0.25, -0.2) is 23.7 Å². The zero-order valence-corrected chi connectivity index (χ0v) is 21.0. The fourth-order valence-corrected chi connectivity index (χ4v) is 4.91. The van der Waals surface area contributed by atoms with Crippen LogP contribution in [0.3, 0.4) is 0 Å². The van der Waals surface area contributed by atoms with E-state index in [1.807, 2.05) is 12.1 Å². The van der Waals surface area contributed by atoms with Crippen LogP contribution in [0, 0.1) is 54.4 Å². The summed E-state index contributed by atoms with van der Waals surface area (Å²) >= 11 is 0. The second kappa shape index (κ2) is 9.76. The fourth-order valence-electron chi connectivity index (χ4n) is 4.91. The number of nitriles is 2. The lowest BCUT2D eigenvalue weighted by atomic mass is 9.92. The van der Waals surface area contributed by atoms with Gasteiger partial charge in [0.05, 0.1) is 36.4 Å². The molecule has 41 heavy (non-hydrogen) atoms. The second-order valence-corrected chi connectivity index (χ2v) is 9.19. The molecular formula is C32H13F5N4. The molecule has 0 aliphatic heterocycles. The van der Waals surface area contributed by atoms with Crippen molar-refractivity contribution < 1.29 is 22.0 Å². The van der Waals surface area contributed by atoms with Gasteiger partial charge >= 0.3 is 6.18 Å². The molecule has 4 aromatic rings. The number of benzene rings is 4.